The van der Waals surface area contributed by atoms with Gasteiger partial charge in [0.15, 0.2) is 0 Å². The summed E-state index contributed by atoms with van der Waals surface area (Å²) in [5.74, 6) is -3.78. The van der Waals surface area contributed by atoms with E-state index in [1.807, 2.05) is 35.2 Å². The predicted octanol–water partition coefficient (Wildman–Crippen LogP) is 4.11. The molecule has 1 aliphatic rings. The first kappa shape index (κ1) is 24.4. The number of para-hydroxylation sites is 1. The molecule has 3 aromatic rings. The van der Waals surface area contributed by atoms with E-state index in [1.54, 1.807) is 0 Å². The summed E-state index contributed by atoms with van der Waals surface area (Å²) < 4.78 is 58.7. The zero-order valence-electron chi connectivity index (χ0n) is 18.7. The lowest BCUT2D eigenvalue weighted by atomic mass is 9.83. The van der Waals surface area contributed by atoms with E-state index < -0.39 is 48.0 Å². The van der Waals surface area contributed by atoms with Gasteiger partial charge in [0.2, 0.25) is 17.7 Å². The van der Waals surface area contributed by atoms with E-state index in [0.29, 0.717) is 13.1 Å². The van der Waals surface area contributed by atoms with Crippen molar-refractivity contribution in [3.05, 3.63) is 65.8 Å². The molecule has 0 bridgehead atoms. The fourth-order valence-corrected chi connectivity index (χ4v) is 3.73. The lowest BCUT2D eigenvalue weighted by Gasteiger charge is -2.40. The third-order valence-corrected chi connectivity index (χ3v) is 5.96. The van der Waals surface area contributed by atoms with E-state index in [1.165, 1.54) is 19.1 Å². The summed E-state index contributed by atoms with van der Waals surface area (Å²) >= 11 is 0. The molecule has 4 rings (SSSR count). The van der Waals surface area contributed by atoms with Crippen LogP contribution in [0.4, 0.5) is 23.2 Å². The Morgan fingerprint density at radius 3 is 2.49 bits per heavy atom. The second-order valence-electron chi connectivity index (χ2n) is 8.68. The lowest BCUT2D eigenvalue weighted by molar-refractivity contribution is -0.139. The summed E-state index contributed by atoms with van der Waals surface area (Å²) in [6, 6.07) is 13.1. The standard InChI is InChI=1S/C24H22F4N4O3/c1-24(13-25,23(34)29-20(33)16-11-32(12-16)17-5-3-2-4-6-17)10-15-8-7-14(9-18(15)26)21-30-31-22(35-21)19(27)28/h2-9,16,19H,10-13H2,1H3,(H,29,33,34). The number of aromatic nitrogens is 2. The Labute approximate surface area is 198 Å². The van der Waals surface area contributed by atoms with Gasteiger partial charge in [-0.1, -0.05) is 24.3 Å². The summed E-state index contributed by atoms with van der Waals surface area (Å²) in [5.41, 5.74) is -0.681. The highest BCUT2D eigenvalue weighted by atomic mass is 19.3. The first-order chi connectivity index (χ1) is 16.7. The normalized spacial score (nSPS) is 15.5. The van der Waals surface area contributed by atoms with Crippen molar-refractivity contribution in [1.82, 2.24) is 15.5 Å². The van der Waals surface area contributed by atoms with E-state index in [-0.39, 0.29) is 23.4 Å². The van der Waals surface area contributed by atoms with Crippen LogP contribution >= 0.6 is 0 Å². The van der Waals surface area contributed by atoms with Gasteiger partial charge in [0.1, 0.15) is 12.5 Å². The highest BCUT2D eigenvalue weighted by molar-refractivity contribution is 6.00. The molecule has 2 amide bonds. The Morgan fingerprint density at radius 1 is 1.17 bits per heavy atom. The average Bonchev–Trinajstić information content (AvgIpc) is 3.31. The topological polar surface area (TPSA) is 88.3 Å². The van der Waals surface area contributed by atoms with Gasteiger partial charge in [-0.25, -0.2) is 8.78 Å². The quantitative estimate of drug-likeness (QED) is 0.478. The second kappa shape index (κ2) is 9.85. The van der Waals surface area contributed by atoms with Gasteiger partial charge < -0.3 is 9.32 Å². The van der Waals surface area contributed by atoms with Crippen molar-refractivity contribution in [2.75, 3.05) is 24.7 Å². The van der Waals surface area contributed by atoms with Crippen molar-refractivity contribution < 1.29 is 31.6 Å². The predicted molar refractivity (Wildman–Crippen MR) is 118 cm³/mol. The van der Waals surface area contributed by atoms with Crippen LogP contribution in [0.1, 0.15) is 24.8 Å². The highest BCUT2D eigenvalue weighted by Gasteiger charge is 2.39. The minimum Gasteiger partial charge on any atom is -0.415 e. The molecule has 35 heavy (non-hydrogen) atoms. The third-order valence-electron chi connectivity index (χ3n) is 5.96. The molecular formula is C24H22F4N4O3. The molecular weight excluding hydrogens is 468 g/mol. The zero-order chi connectivity index (χ0) is 25.2. The molecule has 0 radical (unpaired) electrons. The monoisotopic (exact) mass is 490 g/mol. The average molecular weight is 490 g/mol. The van der Waals surface area contributed by atoms with Gasteiger partial charge in [-0.05, 0) is 43.2 Å². The van der Waals surface area contributed by atoms with Crippen LogP contribution in [-0.4, -0.2) is 41.8 Å². The molecule has 0 spiro atoms. The zero-order valence-corrected chi connectivity index (χ0v) is 18.7. The molecule has 2 aromatic carbocycles. The van der Waals surface area contributed by atoms with E-state index in [2.05, 4.69) is 15.5 Å². The third kappa shape index (κ3) is 5.18. The Morgan fingerprint density at radius 2 is 1.89 bits per heavy atom. The first-order valence-electron chi connectivity index (χ1n) is 10.8. The number of rotatable bonds is 8. The van der Waals surface area contributed by atoms with Crippen LogP contribution in [0.3, 0.4) is 0 Å². The number of alkyl halides is 3. The van der Waals surface area contributed by atoms with Crippen molar-refractivity contribution in [2.24, 2.45) is 11.3 Å². The van der Waals surface area contributed by atoms with Crippen LogP contribution in [0.5, 0.6) is 0 Å². The van der Waals surface area contributed by atoms with Crippen LogP contribution in [0.25, 0.3) is 11.5 Å². The number of nitrogens with one attached hydrogen (secondary N) is 1. The number of halogens is 4. The maximum atomic E-state index is 14.7. The van der Waals surface area contributed by atoms with Crippen molar-refractivity contribution in [3.8, 4) is 11.5 Å². The number of hydrogen-bond acceptors (Lipinski definition) is 6. The smallest absolute Gasteiger partial charge is 0.314 e. The number of hydrogen-bond donors (Lipinski definition) is 1. The van der Waals surface area contributed by atoms with Gasteiger partial charge in [-0.2, -0.15) is 8.78 Å². The summed E-state index contributed by atoms with van der Waals surface area (Å²) in [4.78, 5) is 27.3. The summed E-state index contributed by atoms with van der Waals surface area (Å²) in [6.07, 6.45) is -3.30. The lowest BCUT2D eigenvalue weighted by Crippen LogP contribution is -2.56. The Kier molecular flexibility index (Phi) is 6.86. The van der Waals surface area contributed by atoms with Gasteiger partial charge in [-0.15, -0.1) is 10.2 Å². The van der Waals surface area contributed by atoms with Gasteiger partial charge in [0.25, 0.3) is 5.89 Å². The summed E-state index contributed by atoms with van der Waals surface area (Å²) in [6.45, 7) is 1.02. The molecule has 1 saturated heterocycles. The number of nitrogens with zero attached hydrogens (tertiary/aromatic N) is 3. The molecule has 1 atom stereocenters. The molecule has 184 valence electrons. The summed E-state index contributed by atoms with van der Waals surface area (Å²) in [7, 11) is 0. The van der Waals surface area contributed by atoms with Gasteiger partial charge >= 0.3 is 6.43 Å². The van der Waals surface area contributed by atoms with Crippen LogP contribution in [0.15, 0.2) is 52.9 Å². The number of imide groups is 1. The van der Waals surface area contributed by atoms with Crippen molar-refractivity contribution >= 4 is 17.5 Å². The minimum absolute atomic E-state index is 0.00370. The largest absolute Gasteiger partial charge is 0.415 e. The number of anilines is 1. The van der Waals surface area contributed by atoms with E-state index >= 15 is 0 Å². The fraction of sp³-hybridized carbons (Fsp3) is 0.333. The van der Waals surface area contributed by atoms with E-state index in [9.17, 15) is 27.2 Å². The maximum Gasteiger partial charge on any atom is 0.314 e. The number of amides is 2. The fourth-order valence-electron chi connectivity index (χ4n) is 3.73. The second-order valence-corrected chi connectivity index (χ2v) is 8.68. The number of benzene rings is 2. The number of carbonyl (C=O) groups excluding carboxylic acids is 2. The molecule has 7 nitrogen and oxygen atoms in total. The van der Waals surface area contributed by atoms with Crippen LogP contribution in [0.2, 0.25) is 0 Å². The van der Waals surface area contributed by atoms with Crippen LogP contribution < -0.4 is 10.2 Å². The highest BCUT2D eigenvalue weighted by Crippen LogP contribution is 2.30. The Balaban J connectivity index is 1.39. The van der Waals surface area contributed by atoms with E-state index in [0.717, 1.165) is 11.8 Å². The molecule has 11 heteroatoms. The van der Waals surface area contributed by atoms with E-state index in [4.69, 9.17) is 4.42 Å². The Hall–Kier alpha value is -3.76. The molecule has 1 aliphatic heterocycles. The van der Waals surface area contributed by atoms with Gasteiger partial charge in [0.05, 0.1) is 11.3 Å². The van der Waals surface area contributed by atoms with Crippen molar-refractivity contribution in [1.29, 1.82) is 0 Å². The van der Waals surface area contributed by atoms with Gasteiger partial charge in [0, 0.05) is 24.3 Å². The van der Waals surface area contributed by atoms with Crippen LogP contribution in [-0.2, 0) is 16.0 Å². The van der Waals surface area contributed by atoms with Crippen molar-refractivity contribution in [2.45, 2.75) is 19.8 Å². The minimum atomic E-state index is -2.96. The first-order valence-corrected chi connectivity index (χ1v) is 10.8. The molecule has 1 aromatic heterocycles. The molecule has 0 aliphatic carbocycles. The maximum absolute atomic E-state index is 14.7. The molecule has 0 saturated carbocycles. The number of carbonyl (C=O) groups is 2. The Bertz CT molecular complexity index is 1210. The molecule has 1 fully saturated rings. The molecule has 1 N–H and O–H groups in total. The summed E-state index contributed by atoms with van der Waals surface area (Å²) in [5, 5.41) is 8.91. The SMILES string of the molecule is CC(CF)(Cc1ccc(-c2nnc(C(F)F)o2)cc1F)C(=O)NC(=O)C1CN(c2ccccc2)C1. The van der Waals surface area contributed by atoms with Crippen LogP contribution in [0, 0.1) is 17.2 Å². The molecule has 2 heterocycles. The van der Waals surface area contributed by atoms with Crippen molar-refractivity contribution in [3.63, 3.8) is 0 Å². The van der Waals surface area contributed by atoms with Gasteiger partial charge in [-0.3, -0.25) is 14.9 Å². The molecule has 1 unspecified atom stereocenters.